The standard InChI is InChI=1S/C15H17N3OS/c1-10-16-8-13(20-10)9-18-15(19)12-6-11-4-2-3-5-14(11)17-7-12/h2-5,8,12,17H,6-7,9H2,1H3,(H,18,19). The molecule has 20 heavy (non-hydrogen) atoms. The summed E-state index contributed by atoms with van der Waals surface area (Å²) < 4.78 is 0. The lowest BCUT2D eigenvalue weighted by atomic mass is 9.93. The predicted molar refractivity (Wildman–Crippen MR) is 80.8 cm³/mol. The molecule has 0 fully saturated rings. The Balaban J connectivity index is 1.59. The molecule has 1 aromatic carbocycles. The van der Waals surface area contributed by atoms with Crippen molar-refractivity contribution in [3.8, 4) is 0 Å². The van der Waals surface area contributed by atoms with E-state index < -0.39 is 0 Å². The number of hydrogen-bond acceptors (Lipinski definition) is 4. The number of benzene rings is 1. The van der Waals surface area contributed by atoms with Gasteiger partial charge >= 0.3 is 0 Å². The average Bonchev–Trinajstić information content (AvgIpc) is 2.90. The molecule has 2 N–H and O–H groups in total. The van der Waals surface area contributed by atoms with Crippen molar-refractivity contribution in [2.75, 3.05) is 11.9 Å². The van der Waals surface area contributed by atoms with E-state index in [0.717, 1.165) is 22.0 Å². The first-order valence-corrected chi connectivity index (χ1v) is 7.55. The number of amides is 1. The summed E-state index contributed by atoms with van der Waals surface area (Å²) in [6, 6.07) is 8.16. The maximum atomic E-state index is 12.2. The summed E-state index contributed by atoms with van der Waals surface area (Å²) in [5.41, 5.74) is 2.36. The molecule has 5 heteroatoms. The quantitative estimate of drug-likeness (QED) is 0.911. The molecule has 0 radical (unpaired) electrons. The lowest BCUT2D eigenvalue weighted by Gasteiger charge is -2.25. The molecule has 1 aromatic heterocycles. The number of aryl methyl sites for hydroxylation is 1. The zero-order valence-electron chi connectivity index (χ0n) is 11.3. The molecular formula is C15H17N3OS. The van der Waals surface area contributed by atoms with Crippen LogP contribution in [0.4, 0.5) is 5.69 Å². The number of carbonyl (C=O) groups excluding carboxylic acids is 1. The van der Waals surface area contributed by atoms with Crippen LogP contribution in [0, 0.1) is 12.8 Å². The number of nitrogens with one attached hydrogen (secondary N) is 2. The van der Waals surface area contributed by atoms with Gasteiger partial charge in [0.1, 0.15) is 0 Å². The number of fused-ring (bicyclic) bond motifs is 1. The monoisotopic (exact) mass is 287 g/mol. The maximum absolute atomic E-state index is 12.2. The number of anilines is 1. The van der Waals surface area contributed by atoms with Gasteiger partial charge in [-0.1, -0.05) is 18.2 Å². The fraction of sp³-hybridized carbons (Fsp3) is 0.333. The molecule has 0 saturated heterocycles. The average molecular weight is 287 g/mol. The first-order valence-electron chi connectivity index (χ1n) is 6.73. The van der Waals surface area contributed by atoms with Gasteiger partial charge in [-0.05, 0) is 25.0 Å². The van der Waals surface area contributed by atoms with E-state index >= 15 is 0 Å². The van der Waals surface area contributed by atoms with Crippen LogP contribution in [-0.2, 0) is 17.8 Å². The molecule has 2 aromatic rings. The molecule has 1 aliphatic rings. The molecule has 0 spiro atoms. The van der Waals surface area contributed by atoms with Crippen LogP contribution in [0.2, 0.25) is 0 Å². The Bertz CT molecular complexity index is 623. The van der Waals surface area contributed by atoms with Crippen molar-refractivity contribution in [2.45, 2.75) is 19.9 Å². The Labute approximate surface area is 122 Å². The van der Waals surface area contributed by atoms with Crippen molar-refractivity contribution in [2.24, 2.45) is 5.92 Å². The van der Waals surface area contributed by atoms with Crippen molar-refractivity contribution in [1.82, 2.24) is 10.3 Å². The highest BCUT2D eigenvalue weighted by Crippen LogP contribution is 2.24. The third-order valence-electron chi connectivity index (χ3n) is 3.50. The normalized spacial score (nSPS) is 17.1. The van der Waals surface area contributed by atoms with E-state index in [0.29, 0.717) is 13.1 Å². The van der Waals surface area contributed by atoms with Crippen LogP contribution in [0.5, 0.6) is 0 Å². The number of para-hydroxylation sites is 1. The lowest BCUT2D eigenvalue weighted by Crippen LogP contribution is -2.37. The van der Waals surface area contributed by atoms with Crippen LogP contribution in [0.1, 0.15) is 15.4 Å². The van der Waals surface area contributed by atoms with Gasteiger partial charge in [0.15, 0.2) is 0 Å². The maximum Gasteiger partial charge on any atom is 0.225 e. The van der Waals surface area contributed by atoms with Crippen LogP contribution in [0.15, 0.2) is 30.5 Å². The van der Waals surface area contributed by atoms with Crippen molar-refractivity contribution >= 4 is 22.9 Å². The van der Waals surface area contributed by atoms with Crippen molar-refractivity contribution < 1.29 is 4.79 Å². The SMILES string of the molecule is Cc1ncc(CNC(=O)C2CNc3ccccc3C2)s1. The number of carbonyl (C=O) groups is 1. The minimum absolute atomic E-state index is 0.00100. The largest absolute Gasteiger partial charge is 0.384 e. The van der Waals surface area contributed by atoms with E-state index in [1.165, 1.54) is 5.56 Å². The molecule has 0 saturated carbocycles. The number of nitrogens with zero attached hydrogens (tertiary/aromatic N) is 1. The summed E-state index contributed by atoms with van der Waals surface area (Å²) >= 11 is 1.62. The van der Waals surface area contributed by atoms with E-state index in [9.17, 15) is 4.79 Å². The fourth-order valence-corrected chi connectivity index (χ4v) is 3.17. The summed E-state index contributed by atoms with van der Waals surface area (Å²) in [6.45, 7) is 3.24. The molecule has 4 nitrogen and oxygen atoms in total. The molecule has 0 aliphatic carbocycles. The van der Waals surface area contributed by atoms with Crippen molar-refractivity contribution in [1.29, 1.82) is 0 Å². The van der Waals surface area contributed by atoms with Gasteiger partial charge in [0, 0.05) is 23.3 Å². The van der Waals surface area contributed by atoms with Crippen LogP contribution in [0.25, 0.3) is 0 Å². The number of rotatable bonds is 3. The topological polar surface area (TPSA) is 54.0 Å². The summed E-state index contributed by atoms with van der Waals surface area (Å²) in [4.78, 5) is 17.5. The summed E-state index contributed by atoms with van der Waals surface area (Å²) in [5, 5.41) is 7.36. The molecule has 104 valence electrons. The number of hydrogen-bond donors (Lipinski definition) is 2. The molecular weight excluding hydrogens is 270 g/mol. The summed E-state index contributed by atoms with van der Waals surface area (Å²) in [5.74, 6) is 0.108. The smallest absolute Gasteiger partial charge is 0.225 e. The first kappa shape index (κ1) is 13.1. The Morgan fingerprint density at radius 2 is 2.35 bits per heavy atom. The van der Waals surface area contributed by atoms with Gasteiger partial charge in [-0.3, -0.25) is 4.79 Å². The first-order chi connectivity index (χ1) is 9.72. The van der Waals surface area contributed by atoms with Gasteiger partial charge in [0.25, 0.3) is 0 Å². The van der Waals surface area contributed by atoms with E-state index in [2.05, 4.69) is 27.8 Å². The minimum Gasteiger partial charge on any atom is -0.384 e. The molecule has 1 aliphatic heterocycles. The van der Waals surface area contributed by atoms with Crippen molar-refractivity contribution in [3.05, 3.63) is 45.9 Å². The zero-order chi connectivity index (χ0) is 13.9. The molecule has 0 bridgehead atoms. The van der Waals surface area contributed by atoms with Gasteiger partial charge in [-0.15, -0.1) is 11.3 Å². The van der Waals surface area contributed by atoms with Gasteiger partial charge in [-0.2, -0.15) is 0 Å². The van der Waals surface area contributed by atoms with E-state index in [-0.39, 0.29) is 11.8 Å². The fourth-order valence-electron chi connectivity index (χ4n) is 2.43. The Hall–Kier alpha value is -1.88. The highest BCUT2D eigenvalue weighted by molar-refractivity contribution is 7.11. The second kappa shape index (κ2) is 5.63. The zero-order valence-corrected chi connectivity index (χ0v) is 12.2. The third kappa shape index (κ3) is 2.82. The van der Waals surface area contributed by atoms with Gasteiger partial charge < -0.3 is 10.6 Å². The molecule has 2 heterocycles. The Kier molecular flexibility index (Phi) is 3.69. The minimum atomic E-state index is -0.00100. The van der Waals surface area contributed by atoms with Crippen LogP contribution in [-0.4, -0.2) is 17.4 Å². The number of thiazole rings is 1. The second-order valence-corrected chi connectivity index (χ2v) is 6.32. The highest BCUT2D eigenvalue weighted by atomic mass is 32.1. The molecule has 1 unspecified atom stereocenters. The van der Waals surface area contributed by atoms with Crippen LogP contribution >= 0.6 is 11.3 Å². The number of aromatic nitrogens is 1. The molecule has 3 rings (SSSR count). The van der Waals surface area contributed by atoms with Crippen LogP contribution in [0.3, 0.4) is 0 Å². The predicted octanol–water partition coefficient (Wildman–Crippen LogP) is 2.35. The molecule has 1 amide bonds. The summed E-state index contributed by atoms with van der Waals surface area (Å²) in [6.07, 6.45) is 2.63. The molecule has 1 atom stereocenters. The Morgan fingerprint density at radius 1 is 1.50 bits per heavy atom. The van der Waals surface area contributed by atoms with Gasteiger partial charge in [0.2, 0.25) is 5.91 Å². The van der Waals surface area contributed by atoms with Gasteiger partial charge in [-0.25, -0.2) is 4.98 Å². The van der Waals surface area contributed by atoms with E-state index in [4.69, 9.17) is 0 Å². The highest BCUT2D eigenvalue weighted by Gasteiger charge is 2.23. The van der Waals surface area contributed by atoms with Gasteiger partial charge in [0.05, 0.1) is 17.5 Å². The van der Waals surface area contributed by atoms with E-state index in [1.807, 2.05) is 25.3 Å². The Morgan fingerprint density at radius 3 is 3.15 bits per heavy atom. The lowest BCUT2D eigenvalue weighted by molar-refractivity contribution is -0.124. The third-order valence-corrected chi connectivity index (χ3v) is 4.41. The van der Waals surface area contributed by atoms with Crippen molar-refractivity contribution in [3.63, 3.8) is 0 Å². The van der Waals surface area contributed by atoms with E-state index in [1.54, 1.807) is 11.3 Å². The summed E-state index contributed by atoms with van der Waals surface area (Å²) in [7, 11) is 0. The van der Waals surface area contributed by atoms with Crippen LogP contribution < -0.4 is 10.6 Å². The second-order valence-electron chi connectivity index (χ2n) is 5.00.